The number of nitrogens with zero attached hydrogens (tertiary/aromatic N) is 1. The minimum Gasteiger partial charge on any atom is -0.477 e. The third-order valence-electron chi connectivity index (χ3n) is 1.83. The lowest BCUT2D eigenvalue weighted by molar-refractivity contribution is 0.0699. The summed E-state index contributed by atoms with van der Waals surface area (Å²) in [6.45, 7) is 0. The Hall–Kier alpha value is -1.34. The predicted octanol–water partition coefficient (Wildman–Crippen LogP) is 2.18. The smallest absolute Gasteiger partial charge is 0.341 e. The first kappa shape index (κ1) is 10.2. The molecular formula is C8H6BrN3O2S. The van der Waals surface area contributed by atoms with Gasteiger partial charge < -0.3 is 10.8 Å². The minimum absolute atomic E-state index is 0.00187. The number of hydrogen-bond donors (Lipinski definition) is 3. The summed E-state index contributed by atoms with van der Waals surface area (Å²) in [6, 6.07) is 3.64. The SMILES string of the molecule is Nc1n[nH]c(-c2ccc(Br)s2)c1C(=O)O. The number of thiophene rings is 1. The first-order chi connectivity index (χ1) is 7.09. The number of carbonyl (C=O) groups is 1. The molecule has 0 atom stereocenters. The molecule has 0 saturated heterocycles. The third kappa shape index (κ3) is 1.75. The summed E-state index contributed by atoms with van der Waals surface area (Å²) in [7, 11) is 0. The molecule has 0 fully saturated rings. The summed E-state index contributed by atoms with van der Waals surface area (Å²) in [5.41, 5.74) is 5.91. The Balaban J connectivity index is 2.58. The highest BCUT2D eigenvalue weighted by atomic mass is 79.9. The predicted molar refractivity (Wildman–Crippen MR) is 61.0 cm³/mol. The van der Waals surface area contributed by atoms with Crippen molar-refractivity contribution in [3.8, 4) is 10.6 Å². The Bertz CT molecular complexity index is 520. The van der Waals surface area contributed by atoms with Gasteiger partial charge in [-0.15, -0.1) is 11.3 Å². The molecule has 0 aliphatic rings. The van der Waals surface area contributed by atoms with Crippen molar-refractivity contribution in [3.63, 3.8) is 0 Å². The molecule has 2 aromatic rings. The first-order valence-corrected chi connectivity index (χ1v) is 5.53. The Morgan fingerprint density at radius 1 is 1.60 bits per heavy atom. The zero-order valence-electron chi connectivity index (χ0n) is 7.32. The lowest BCUT2D eigenvalue weighted by Gasteiger charge is -1.95. The van der Waals surface area contributed by atoms with Gasteiger partial charge >= 0.3 is 5.97 Å². The van der Waals surface area contributed by atoms with Gasteiger partial charge in [-0.2, -0.15) is 5.10 Å². The van der Waals surface area contributed by atoms with Crippen LogP contribution in [0.2, 0.25) is 0 Å². The molecule has 7 heteroatoms. The van der Waals surface area contributed by atoms with Crippen LogP contribution in [-0.4, -0.2) is 21.3 Å². The molecule has 0 aromatic carbocycles. The lowest BCUT2D eigenvalue weighted by Crippen LogP contribution is -2.01. The van der Waals surface area contributed by atoms with Crippen LogP contribution < -0.4 is 5.73 Å². The monoisotopic (exact) mass is 287 g/mol. The molecule has 0 unspecified atom stereocenters. The molecule has 0 aliphatic heterocycles. The van der Waals surface area contributed by atoms with E-state index < -0.39 is 5.97 Å². The molecule has 0 bridgehead atoms. The van der Waals surface area contributed by atoms with Crippen LogP contribution in [0.25, 0.3) is 10.6 Å². The van der Waals surface area contributed by atoms with Crippen molar-refractivity contribution >= 4 is 39.1 Å². The Morgan fingerprint density at radius 3 is 2.87 bits per heavy atom. The quantitative estimate of drug-likeness (QED) is 0.789. The molecular weight excluding hydrogens is 282 g/mol. The van der Waals surface area contributed by atoms with E-state index in [1.807, 2.05) is 6.07 Å². The summed E-state index contributed by atoms with van der Waals surface area (Å²) in [5, 5.41) is 15.3. The van der Waals surface area contributed by atoms with Crippen LogP contribution in [0.1, 0.15) is 10.4 Å². The van der Waals surface area contributed by atoms with E-state index in [1.165, 1.54) is 11.3 Å². The number of anilines is 1. The van der Waals surface area contributed by atoms with Gasteiger partial charge in [-0.25, -0.2) is 4.79 Å². The fourth-order valence-electron chi connectivity index (χ4n) is 1.20. The van der Waals surface area contributed by atoms with Crippen LogP contribution in [0.15, 0.2) is 15.9 Å². The maximum atomic E-state index is 10.9. The number of carboxylic acid groups (broad SMARTS) is 1. The van der Waals surface area contributed by atoms with E-state index in [0.717, 1.165) is 8.66 Å². The molecule has 78 valence electrons. The largest absolute Gasteiger partial charge is 0.477 e. The minimum atomic E-state index is -1.08. The van der Waals surface area contributed by atoms with Crippen molar-refractivity contribution in [1.82, 2.24) is 10.2 Å². The van der Waals surface area contributed by atoms with Gasteiger partial charge in [0.05, 0.1) is 14.4 Å². The zero-order valence-corrected chi connectivity index (χ0v) is 9.72. The van der Waals surface area contributed by atoms with Gasteiger partial charge in [0.15, 0.2) is 5.82 Å². The second kappa shape index (κ2) is 3.67. The molecule has 2 aromatic heterocycles. The van der Waals surface area contributed by atoms with E-state index in [0.29, 0.717) is 5.69 Å². The molecule has 0 saturated carbocycles. The average molecular weight is 288 g/mol. The van der Waals surface area contributed by atoms with Gasteiger partial charge in [0, 0.05) is 0 Å². The van der Waals surface area contributed by atoms with Crippen molar-refractivity contribution in [2.24, 2.45) is 0 Å². The highest BCUT2D eigenvalue weighted by Crippen LogP contribution is 2.33. The van der Waals surface area contributed by atoms with E-state index >= 15 is 0 Å². The number of halogens is 1. The van der Waals surface area contributed by atoms with Crippen LogP contribution in [0.5, 0.6) is 0 Å². The standard InChI is InChI=1S/C8H6BrN3O2S/c9-4-2-1-3(15-4)6-5(8(13)14)7(10)12-11-6/h1-2H,(H,13,14)(H3,10,11,12). The Kier molecular flexibility index (Phi) is 2.49. The first-order valence-electron chi connectivity index (χ1n) is 3.92. The Morgan fingerprint density at radius 2 is 2.33 bits per heavy atom. The molecule has 0 amide bonds. The maximum absolute atomic E-state index is 10.9. The number of rotatable bonds is 2. The second-order valence-electron chi connectivity index (χ2n) is 2.77. The lowest BCUT2D eigenvalue weighted by atomic mass is 10.2. The summed E-state index contributed by atoms with van der Waals surface area (Å²) < 4.78 is 0.919. The van der Waals surface area contributed by atoms with E-state index in [9.17, 15) is 4.79 Å². The third-order valence-corrected chi connectivity index (χ3v) is 3.47. The fraction of sp³-hybridized carbons (Fsp3) is 0. The number of nitrogen functional groups attached to an aromatic ring is 1. The van der Waals surface area contributed by atoms with Crippen LogP contribution in [-0.2, 0) is 0 Å². The normalized spacial score (nSPS) is 10.5. The molecule has 4 N–H and O–H groups in total. The second-order valence-corrected chi connectivity index (χ2v) is 5.23. The van der Waals surface area contributed by atoms with Gasteiger partial charge in [-0.05, 0) is 28.1 Å². The Labute approximate surface area is 97.1 Å². The summed E-state index contributed by atoms with van der Waals surface area (Å²) in [4.78, 5) is 11.7. The molecule has 15 heavy (non-hydrogen) atoms. The van der Waals surface area contributed by atoms with E-state index in [-0.39, 0.29) is 11.4 Å². The summed E-state index contributed by atoms with van der Waals surface area (Å²) in [6.07, 6.45) is 0. The highest BCUT2D eigenvalue weighted by Gasteiger charge is 2.19. The van der Waals surface area contributed by atoms with Gasteiger partial charge in [0.1, 0.15) is 5.56 Å². The van der Waals surface area contributed by atoms with Crippen LogP contribution in [0, 0.1) is 0 Å². The number of hydrogen-bond acceptors (Lipinski definition) is 4. The van der Waals surface area contributed by atoms with E-state index in [4.69, 9.17) is 10.8 Å². The number of aromatic carboxylic acids is 1. The zero-order chi connectivity index (χ0) is 11.0. The maximum Gasteiger partial charge on any atom is 0.341 e. The fourth-order valence-corrected chi connectivity index (χ4v) is 2.59. The van der Waals surface area contributed by atoms with Crippen molar-refractivity contribution < 1.29 is 9.90 Å². The topological polar surface area (TPSA) is 92.0 Å². The number of carboxylic acids is 1. The van der Waals surface area contributed by atoms with Crippen LogP contribution in [0.3, 0.4) is 0 Å². The van der Waals surface area contributed by atoms with Gasteiger partial charge in [-0.3, -0.25) is 5.10 Å². The van der Waals surface area contributed by atoms with Gasteiger partial charge in [0.2, 0.25) is 0 Å². The summed E-state index contributed by atoms with van der Waals surface area (Å²) in [5.74, 6) is -1.08. The van der Waals surface area contributed by atoms with Crippen molar-refractivity contribution in [2.75, 3.05) is 5.73 Å². The molecule has 2 rings (SSSR count). The molecule has 0 spiro atoms. The highest BCUT2D eigenvalue weighted by molar-refractivity contribution is 9.11. The number of nitrogens with one attached hydrogen (secondary N) is 1. The van der Waals surface area contributed by atoms with Crippen molar-refractivity contribution in [1.29, 1.82) is 0 Å². The molecule has 5 nitrogen and oxygen atoms in total. The van der Waals surface area contributed by atoms with E-state index in [2.05, 4.69) is 26.1 Å². The van der Waals surface area contributed by atoms with Crippen LogP contribution in [0.4, 0.5) is 5.82 Å². The van der Waals surface area contributed by atoms with Gasteiger partial charge in [-0.1, -0.05) is 0 Å². The average Bonchev–Trinajstić information content (AvgIpc) is 2.71. The number of aromatic nitrogens is 2. The number of nitrogens with two attached hydrogens (primary N) is 1. The molecule has 0 radical (unpaired) electrons. The van der Waals surface area contributed by atoms with E-state index in [1.54, 1.807) is 6.07 Å². The van der Waals surface area contributed by atoms with Gasteiger partial charge in [0.25, 0.3) is 0 Å². The van der Waals surface area contributed by atoms with Crippen molar-refractivity contribution in [3.05, 3.63) is 21.5 Å². The molecule has 2 heterocycles. The summed E-state index contributed by atoms with van der Waals surface area (Å²) >= 11 is 4.72. The number of aromatic amines is 1. The van der Waals surface area contributed by atoms with Crippen LogP contribution >= 0.6 is 27.3 Å². The number of H-pyrrole nitrogens is 1. The van der Waals surface area contributed by atoms with Crippen molar-refractivity contribution in [2.45, 2.75) is 0 Å². The molecule has 0 aliphatic carbocycles.